The van der Waals surface area contributed by atoms with Crippen LogP contribution in [0.5, 0.6) is 0 Å². The van der Waals surface area contributed by atoms with E-state index in [2.05, 4.69) is 31.0 Å². The van der Waals surface area contributed by atoms with Crippen LogP contribution in [0.4, 0.5) is 0 Å². The number of rotatable bonds is 8. The lowest BCUT2D eigenvalue weighted by Crippen LogP contribution is -2.38. The Labute approximate surface area is 113 Å². The molecule has 3 heteroatoms. The summed E-state index contributed by atoms with van der Waals surface area (Å²) in [6.07, 6.45) is 5.04. The molecule has 1 aliphatic rings. The molecule has 0 saturated carbocycles. The van der Waals surface area contributed by atoms with Gasteiger partial charge in [0, 0.05) is 32.3 Å². The Morgan fingerprint density at radius 3 is 2.94 bits per heavy atom. The monoisotopic (exact) mass is 256 g/mol. The first-order valence-electron chi connectivity index (χ1n) is 7.75. The number of hydrogen-bond donors (Lipinski definition) is 1. The minimum atomic E-state index is 0.654. The van der Waals surface area contributed by atoms with Crippen molar-refractivity contribution >= 4 is 0 Å². The molecular formula is C15H32N2O. The van der Waals surface area contributed by atoms with E-state index >= 15 is 0 Å². The van der Waals surface area contributed by atoms with E-state index in [0.29, 0.717) is 12.0 Å². The maximum Gasteiger partial charge on any atom is 0.0489 e. The highest BCUT2D eigenvalue weighted by Crippen LogP contribution is 2.06. The fourth-order valence-electron chi connectivity index (χ4n) is 2.53. The fourth-order valence-corrected chi connectivity index (χ4v) is 2.53. The summed E-state index contributed by atoms with van der Waals surface area (Å²) in [5.74, 6) is 0.654. The third-order valence-electron chi connectivity index (χ3n) is 3.41. The molecule has 1 rings (SSSR count). The predicted molar refractivity (Wildman–Crippen MR) is 78.0 cm³/mol. The molecule has 1 unspecified atom stereocenters. The number of nitrogens with one attached hydrogen (secondary N) is 1. The lowest BCUT2D eigenvalue weighted by atomic mass is 10.1. The normalized spacial score (nSPS) is 22.3. The molecule has 3 nitrogen and oxygen atoms in total. The second-order valence-corrected chi connectivity index (χ2v) is 5.92. The van der Waals surface area contributed by atoms with Gasteiger partial charge in [0.2, 0.25) is 0 Å². The third-order valence-corrected chi connectivity index (χ3v) is 3.41. The third kappa shape index (κ3) is 7.34. The van der Waals surface area contributed by atoms with Gasteiger partial charge in [0.25, 0.3) is 0 Å². The minimum absolute atomic E-state index is 0.654. The van der Waals surface area contributed by atoms with Crippen molar-refractivity contribution in [1.82, 2.24) is 10.2 Å². The zero-order chi connectivity index (χ0) is 13.2. The van der Waals surface area contributed by atoms with Gasteiger partial charge in [0.1, 0.15) is 0 Å². The molecule has 1 heterocycles. The first-order chi connectivity index (χ1) is 8.72. The van der Waals surface area contributed by atoms with E-state index in [9.17, 15) is 0 Å². The van der Waals surface area contributed by atoms with Crippen molar-refractivity contribution in [1.29, 1.82) is 0 Å². The molecule has 18 heavy (non-hydrogen) atoms. The maximum atomic E-state index is 5.65. The Balaban J connectivity index is 2.11. The molecule has 0 spiro atoms. The van der Waals surface area contributed by atoms with Crippen molar-refractivity contribution in [2.24, 2.45) is 5.92 Å². The van der Waals surface area contributed by atoms with Crippen LogP contribution in [0.1, 0.15) is 46.5 Å². The second kappa shape index (κ2) is 9.76. The molecule has 1 N–H and O–H groups in total. The molecule has 1 atom stereocenters. The van der Waals surface area contributed by atoms with Crippen LogP contribution in [-0.4, -0.2) is 50.3 Å². The largest absolute Gasteiger partial charge is 0.381 e. The molecular weight excluding hydrogens is 224 g/mol. The smallest absolute Gasteiger partial charge is 0.0489 e. The van der Waals surface area contributed by atoms with Gasteiger partial charge in [-0.05, 0) is 38.3 Å². The van der Waals surface area contributed by atoms with E-state index in [1.807, 2.05) is 0 Å². The molecule has 0 aromatic heterocycles. The van der Waals surface area contributed by atoms with Gasteiger partial charge >= 0.3 is 0 Å². The van der Waals surface area contributed by atoms with Crippen LogP contribution in [0, 0.1) is 5.92 Å². The molecule has 1 fully saturated rings. The first kappa shape index (κ1) is 15.9. The van der Waals surface area contributed by atoms with Crippen molar-refractivity contribution in [2.45, 2.75) is 52.5 Å². The summed E-state index contributed by atoms with van der Waals surface area (Å²) in [4.78, 5) is 2.61. The van der Waals surface area contributed by atoms with E-state index in [1.54, 1.807) is 0 Å². The molecule has 0 bridgehead atoms. The van der Waals surface area contributed by atoms with Crippen LogP contribution in [0.25, 0.3) is 0 Å². The summed E-state index contributed by atoms with van der Waals surface area (Å²) < 4.78 is 5.65. The van der Waals surface area contributed by atoms with Crippen molar-refractivity contribution < 1.29 is 4.74 Å². The molecule has 0 amide bonds. The summed E-state index contributed by atoms with van der Waals surface area (Å²) >= 11 is 0. The first-order valence-corrected chi connectivity index (χ1v) is 7.75. The lowest BCUT2D eigenvalue weighted by molar-refractivity contribution is 0.0989. The van der Waals surface area contributed by atoms with Gasteiger partial charge < -0.3 is 15.0 Å². The highest BCUT2D eigenvalue weighted by molar-refractivity contribution is 4.76. The van der Waals surface area contributed by atoms with E-state index in [-0.39, 0.29) is 0 Å². The van der Waals surface area contributed by atoms with Crippen molar-refractivity contribution in [3.63, 3.8) is 0 Å². The van der Waals surface area contributed by atoms with Crippen LogP contribution in [0.15, 0.2) is 0 Å². The van der Waals surface area contributed by atoms with Gasteiger partial charge in [-0.15, -0.1) is 0 Å². The predicted octanol–water partition coefficient (Wildman–Crippen LogP) is 2.51. The molecule has 0 aromatic rings. The Morgan fingerprint density at radius 2 is 2.22 bits per heavy atom. The second-order valence-electron chi connectivity index (χ2n) is 5.92. The standard InChI is InChI=1S/C15H32N2O/c1-4-7-15-12-17(9-5-8-16-15)10-6-11-18-13-14(2)3/h14-16H,4-13H2,1-3H3. The summed E-state index contributed by atoms with van der Waals surface area (Å²) in [6, 6.07) is 0.703. The van der Waals surface area contributed by atoms with Gasteiger partial charge in [-0.1, -0.05) is 27.2 Å². The summed E-state index contributed by atoms with van der Waals surface area (Å²) in [5.41, 5.74) is 0. The summed E-state index contributed by atoms with van der Waals surface area (Å²) in [7, 11) is 0. The lowest BCUT2D eigenvalue weighted by Gasteiger charge is -2.24. The maximum absolute atomic E-state index is 5.65. The van der Waals surface area contributed by atoms with Crippen molar-refractivity contribution in [3.8, 4) is 0 Å². The van der Waals surface area contributed by atoms with Crippen LogP contribution >= 0.6 is 0 Å². The Bertz CT molecular complexity index is 197. The van der Waals surface area contributed by atoms with E-state index in [0.717, 1.165) is 13.2 Å². The molecule has 0 aliphatic carbocycles. The molecule has 1 saturated heterocycles. The zero-order valence-corrected chi connectivity index (χ0v) is 12.6. The average Bonchev–Trinajstić information content (AvgIpc) is 2.54. The van der Waals surface area contributed by atoms with Gasteiger partial charge in [-0.3, -0.25) is 0 Å². The van der Waals surface area contributed by atoms with E-state index in [1.165, 1.54) is 51.9 Å². The number of nitrogens with zero attached hydrogens (tertiary/aromatic N) is 1. The van der Waals surface area contributed by atoms with E-state index in [4.69, 9.17) is 4.74 Å². The van der Waals surface area contributed by atoms with Gasteiger partial charge in [-0.2, -0.15) is 0 Å². The van der Waals surface area contributed by atoms with Gasteiger partial charge in [0.05, 0.1) is 0 Å². The fraction of sp³-hybridized carbons (Fsp3) is 1.00. The molecule has 0 aromatic carbocycles. The summed E-state index contributed by atoms with van der Waals surface area (Å²) in [6.45, 7) is 13.4. The number of ether oxygens (including phenoxy) is 1. The Kier molecular flexibility index (Phi) is 8.64. The topological polar surface area (TPSA) is 24.5 Å². The number of hydrogen-bond acceptors (Lipinski definition) is 3. The average molecular weight is 256 g/mol. The highest BCUT2D eigenvalue weighted by Gasteiger charge is 2.16. The zero-order valence-electron chi connectivity index (χ0n) is 12.6. The molecule has 1 aliphatic heterocycles. The summed E-state index contributed by atoms with van der Waals surface area (Å²) in [5, 5.41) is 3.66. The van der Waals surface area contributed by atoms with Crippen LogP contribution in [0.3, 0.4) is 0 Å². The van der Waals surface area contributed by atoms with Gasteiger partial charge in [-0.25, -0.2) is 0 Å². The van der Waals surface area contributed by atoms with Crippen molar-refractivity contribution in [2.75, 3.05) is 39.4 Å². The Morgan fingerprint density at radius 1 is 1.39 bits per heavy atom. The van der Waals surface area contributed by atoms with Crippen LogP contribution < -0.4 is 5.32 Å². The quantitative estimate of drug-likeness (QED) is 0.675. The molecule has 108 valence electrons. The Hall–Kier alpha value is -0.120. The van der Waals surface area contributed by atoms with Crippen LogP contribution in [0.2, 0.25) is 0 Å². The highest BCUT2D eigenvalue weighted by atomic mass is 16.5. The minimum Gasteiger partial charge on any atom is -0.381 e. The van der Waals surface area contributed by atoms with Crippen LogP contribution in [-0.2, 0) is 4.74 Å². The van der Waals surface area contributed by atoms with Crippen molar-refractivity contribution in [3.05, 3.63) is 0 Å². The SMILES string of the molecule is CCCC1CN(CCCOCC(C)C)CCCN1. The van der Waals surface area contributed by atoms with Gasteiger partial charge in [0.15, 0.2) is 0 Å². The van der Waals surface area contributed by atoms with E-state index < -0.39 is 0 Å². The molecule has 0 radical (unpaired) electrons.